The van der Waals surface area contributed by atoms with Crippen LogP contribution in [-0.4, -0.2) is 68.2 Å². The Hall–Kier alpha value is -0.900. The van der Waals surface area contributed by atoms with E-state index >= 15 is 0 Å². The first-order valence-electron chi connectivity index (χ1n) is 9.85. The average Bonchev–Trinajstić information content (AvgIpc) is 2.69. The lowest BCUT2D eigenvalue weighted by molar-refractivity contribution is 0.0376. The number of aliphatic imine (C=N–C) groups is 1. The van der Waals surface area contributed by atoms with Crippen molar-refractivity contribution in [3.63, 3.8) is 0 Å². The van der Waals surface area contributed by atoms with Crippen molar-refractivity contribution in [3.8, 4) is 0 Å². The molecule has 0 atom stereocenters. The van der Waals surface area contributed by atoms with Crippen LogP contribution >= 0.6 is 24.0 Å². The Balaban J connectivity index is 0.00000364. The molecule has 0 aromatic heterocycles. The number of hydrogen-bond donors (Lipinski definition) is 2. The summed E-state index contributed by atoms with van der Waals surface area (Å²) in [5.74, 6) is 0.529. The van der Waals surface area contributed by atoms with E-state index in [0.717, 1.165) is 65.4 Å². The lowest BCUT2D eigenvalue weighted by Gasteiger charge is -2.26. The van der Waals surface area contributed by atoms with E-state index in [-0.39, 0.29) is 24.0 Å². The van der Waals surface area contributed by atoms with Crippen LogP contribution in [-0.2, 0) is 17.8 Å². The molecule has 0 radical (unpaired) electrons. The van der Waals surface area contributed by atoms with E-state index in [4.69, 9.17) is 10.5 Å². The van der Waals surface area contributed by atoms with Crippen LogP contribution in [0.5, 0.6) is 0 Å². The first-order valence-corrected chi connectivity index (χ1v) is 9.85. The second-order valence-electron chi connectivity index (χ2n) is 6.72. The molecule has 1 aliphatic rings. The molecule has 1 fully saturated rings. The molecule has 6 nitrogen and oxygen atoms in total. The maximum absolute atomic E-state index is 6.00. The first-order chi connectivity index (χ1) is 12.7. The summed E-state index contributed by atoms with van der Waals surface area (Å²) in [4.78, 5) is 9.32. The van der Waals surface area contributed by atoms with Gasteiger partial charge in [0, 0.05) is 26.2 Å². The van der Waals surface area contributed by atoms with Crippen LogP contribution < -0.4 is 11.1 Å². The molecule has 0 spiro atoms. The third kappa shape index (κ3) is 9.73. The topological polar surface area (TPSA) is 66.1 Å². The van der Waals surface area contributed by atoms with Crippen molar-refractivity contribution < 1.29 is 4.74 Å². The summed E-state index contributed by atoms with van der Waals surface area (Å²) in [5, 5.41) is 3.22. The van der Waals surface area contributed by atoms with Gasteiger partial charge in [0.2, 0.25) is 0 Å². The maximum Gasteiger partial charge on any atom is 0.188 e. The normalized spacial score (nSPS) is 15.6. The van der Waals surface area contributed by atoms with Crippen LogP contribution in [0.2, 0.25) is 0 Å². The largest absolute Gasteiger partial charge is 0.379 e. The SMILES string of the molecule is CCN(CC)Cc1cccc(CN=C(N)NCCCN2CCOCC2)c1.I. The van der Waals surface area contributed by atoms with Gasteiger partial charge in [-0.3, -0.25) is 9.80 Å². The number of morpholine rings is 1. The highest BCUT2D eigenvalue weighted by atomic mass is 127. The van der Waals surface area contributed by atoms with Crippen LogP contribution in [0.25, 0.3) is 0 Å². The van der Waals surface area contributed by atoms with Gasteiger partial charge in [-0.1, -0.05) is 38.1 Å². The third-order valence-electron chi connectivity index (χ3n) is 4.78. The number of halogens is 1. The standard InChI is InChI=1S/C20H35N5O.HI/c1-3-24(4-2)17-19-8-5-7-18(15-19)16-23-20(21)22-9-6-10-25-11-13-26-14-12-25;/h5,7-8,15H,3-4,6,9-14,16-17H2,1-2H3,(H3,21,22,23);1H. The van der Waals surface area contributed by atoms with Crippen molar-refractivity contribution >= 4 is 29.9 Å². The molecule has 154 valence electrons. The van der Waals surface area contributed by atoms with Crippen LogP contribution in [0.4, 0.5) is 0 Å². The summed E-state index contributed by atoms with van der Waals surface area (Å²) in [5.41, 5.74) is 8.53. The van der Waals surface area contributed by atoms with Gasteiger partial charge in [-0.15, -0.1) is 24.0 Å². The Morgan fingerprint density at radius 1 is 1.22 bits per heavy atom. The Morgan fingerprint density at radius 2 is 1.93 bits per heavy atom. The van der Waals surface area contributed by atoms with Crippen molar-refractivity contribution in [1.82, 2.24) is 15.1 Å². The average molecular weight is 489 g/mol. The van der Waals surface area contributed by atoms with E-state index < -0.39 is 0 Å². The van der Waals surface area contributed by atoms with Crippen LogP contribution in [0.3, 0.4) is 0 Å². The molecular formula is C20H36IN5O. The highest BCUT2D eigenvalue weighted by molar-refractivity contribution is 14.0. The van der Waals surface area contributed by atoms with Gasteiger partial charge < -0.3 is 15.8 Å². The molecule has 27 heavy (non-hydrogen) atoms. The fraction of sp³-hybridized carbons (Fsp3) is 0.650. The molecule has 1 aromatic carbocycles. The number of guanidine groups is 1. The minimum absolute atomic E-state index is 0. The van der Waals surface area contributed by atoms with Crippen LogP contribution in [0.15, 0.2) is 29.3 Å². The quantitative estimate of drug-likeness (QED) is 0.229. The minimum atomic E-state index is 0. The zero-order valence-electron chi connectivity index (χ0n) is 16.8. The van der Waals surface area contributed by atoms with Gasteiger partial charge in [-0.25, -0.2) is 4.99 Å². The number of hydrogen-bond acceptors (Lipinski definition) is 4. The van der Waals surface area contributed by atoms with Crippen molar-refractivity contribution in [2.75, 3.05) is 52.5 Å². The van der Waals surface area contributed by atoms with E-state index in [9.17, 15) is 0 Å². The van der Waals surface area contributed by atoms with Crippen molar-refractivity contribution in [1.29, 1.82) is 0 Å². The molecule has 0 unspecified atom stereocenters. The molecule has 1 aromatic rings. The number of rotatable bonds is 10. The molecule has 0 aliphatic carbocycles. The number of nitrogens with two attached hydrogens (primary N) is 1. The maximum atomic E-state index is 6.00. The molecule has 1 saturated heterocycles. The Bertz CT molecular complexity index is 545. The zero-order valence-corrected chi connectivity index (χ0v) is 19.2. The monoisotopic (exact) mass is 489 g/mol. The molecule has 0 saturated carbocycles. The van der Waals surface area contributed by atoms with E-state index in [0.29, 0.717) is 12.5 Å². The molecular weight excluding hydrogens is 453 g/mol. The fourth-order valence-corrected chi connectivity index (χ4v) is 3.11. The second-order valence-corrected chi connectivity index (χ2v) is 6.72. The second kappa shape index (κ2) is 14.1. The highest BCUT2D eigenvalue weighted by Crippen LogP contribution is 2.09. The van der Waals surface area contributed by atoms with Gasteiger partial charge >= 0.3 is 0 Å². The summed E-state index contributed by atoms with van der Waals surface area (Å²) in [7, 11) is 0. The van der Waals surface area contributed by atoms with Crippen LogP contribution in [0.1, 0.15) is 31.4 Å². The smallest absolute Gasteiger partial charge is 0.188 e. The van der Waals surface area contributed by atoms with E-state index in [1.807, 2.05) is 0 Å². The van der Waals surface area contributed by atoms with Gasteiger partial charge in [-0.05, 0) is 37.2 Å². The summed E-state index contributed by atoms with van der Waals surface area (Å²) in [6.45, 7) is 13.8. The van der Waals surface area contributed by atoms with Crippen molar-refractivity contribution in [2.24, 2.45) is 10.7 Å². The highest BCUT2D eigenvalue weighted by Gasteiger charge is 2.09. The van der Waals surface area contributed by atoms with Gasteiger partial charge in [0.25, 0.3) is 0 Å². The lowest BCUT2D eigenvalue weighted by Crippen LogP contribution is -2.39. The van der Waals surface area contributed by atoms with Crippen molar-refractivity contribution in [2.45, 2.75) is 33.4 Å². The summed E-state index contributed by atoms with van der Waals surface area (Å²) in [6, 6.07) is 8.63. The molecule has 3 N–H and O–H groups in total. The lowest BCUT2D eigenvalue weighted by atomic mass is 10.1. The van der Waals surface area contributed by atoms with Gasteiger partial charge in [0.15, 0.2) is 5.96 Å². The van der Waals surface area contributed by atoms with E-state index in [1.165, 1.54) is 11.1 Å². The number of ether oxygens (including phenoxy) is 1. The molecule has 0 amide bonds. The molecule has 7 heteroatoms. The van der Waals surface area contributed by atoms with Gasteiger partial charge in [-0.2, -0.15) is 0 Å². The number of nitrogens with zero attached hydrogens (tertiary/aromatic N) is 3. The Morgan fingerprint density at radius 3 is 2.63 bits per heavy atom. The van der Waals surface area contributed by atoms with Gasteiger partial charge in [0.1, 0.15) is 0 Å². The van der Waals surface area contributed by atoms with E-state index in [1.54, 1.807) is 0 Å². The van der Waals surface area contributed by atoms with Crippen molar-refractivity contribution in [3.05, 3.63) is 35.4 Å². The summed E-state index contributed by atoms with van der Waals surface area (Å²) < 4.78 is 5.36. The molecule has 0 bridgehead atoms. The summed E-state index contributed by atoms with van der Waals surface area (Å²) >= 11 is 0. The van der Waals surface area contributed by atoms with Gasteiger partial charge in [0.05, 0.1) is 19.8 Å². The first kappa shape index (κ1) is 24.1. The van der Waals surface area contributed by atoms with Crippen LogP contribution in [0, 0.1) is 0 Å². The Labute approximate surface area is 181 Å². The zero-order chi connectivity index (χ0) is 18.6. The third-order valence-corrected chi connectivity index (χ3v) is 4.78. The predicted octanol–water partition coefficient (Wildman–Crippen LogP) is 2.27. The number of nitrogens with one attached hydrogen (secondary N) is 1. The molecule has 1 heterocycles. The molecule has 2 rings (SSSR count). The summed E-state index contributed by atoms with van der Waals surface area (Å²) in [6.07, 6.45) is 1.07. The van der Waals surface area contributed by atoms with E-state index in [2.05, 4.69) is 58.2 Å². The predicted molar refractivity (Wildman–Crippen MR) is 124 cm³/mol. The minimum Gasteiger partial charge on any atom is -0.379 e. The number of benzene rings is 1. The molecule has 1 aliphatic heterocycles. The fourth-order valence-electron chi connectivity index (χ4n) is 3.11. The Kier molecular flexibility index (Phi) is 12.6.